The molecule has 2 heterocycles. The summed E-state index contributed by atoms with van der Waals surface area (Å²) in [6, 6.07) is 13.4. The Bertz CT molecular complexity index is 1300. The number of aromatic nitrogens is 2. The van der Waals surface area contributed by atoms with E-state index in [4.69, 9.17) is 14.5 Å². The Labute approximate surface area is 189 Å². The number of hydrogen-bond donors (Lipinski definition) is 0. The van der Waals surface area contributed by atoms with Crippen LogP contribution in [0.3, 0.4) is 0 Å². The SMILES string of the molecule is CCCc1c(OCCCn2ccc3cc(CCC#N)ccc32)ccc2c(C(F)(F)F)noc12. The van der Waals surface area contributed by atoms with Crippen LogP contribution >= 0.6 is 0 Å². The Hall–Kier alpha value is -3.47. The predicted molar refractivity (Wildman–Crippen MR) is 119 cm³/mol. The maximum atomic E-state index is 13.2. The van der Waals surface area contributed by atoms with Gasteiger partial charge < -0.3 is 13.8 Å². The van der Waals surface area contributed by atoms with Crippen molar-refractivity contribution in [2.24, 2.45) is 0 Å². The lowest BCUT2D eigenvalue weighted by Crippen LogP contribution is -2.06. The van der Waals surface area contributed by atoms with Crippen molar-refractivity contribution in [3.8, 4) is 11.8 Å². The van der Waals surface area contributed by atoms with Crippen molar-refractivity contribution < 1.29 is 22.4 Å². The molecule has 2 aromatic carbocycles. The highest BCUT2D eigenvalue weighted by molar-refractivity contribution is 5.85. The Kier molecular flexibility index (Phi) is 6.59. The third-order valence-electron chi connectivity index (χ3n) is 5.63. The zero-order valence-corrected chi connectivity index (χ0v) is 18.3. The maximum Gasteiger partial charge on any atom is 0.437 e. The lowest BCUT2D eigenvalue weighted by molar-refractivity contribution is -0.141. The molecule has 0 fully saturated rings. The minimum absolute atomic E-state index is 0.0359. The maximum absolute atomic E-state index is 13.2. The fourth-order valence-corrected chi connectivity index (χ4v) is 4.08. The molecule has 2 aromatic heterocycles. The van der Waals surface area contributed by atoms with Crippen LogP contribution in [0, 0.1) is 11.3 Å². The fraction of sp³-hybridized carbons (Fsp3) is 0.360. The van der Waals surface area contributed by atoms with E-state index in [1.807, 2.05) is 19.2 Å². The van der Waals surface area contributed by atoms with Crippen LogP contribution in [0.4, 0.5) is 13.2 Å². The Morgan fingerprint density at radius 2 is 2.00 bits per heavy atom. The largest absolute Gasteiger partial charge is 0.493 e. The number of rotatable bonds is 9. The van der Waals surface area contributed by atoms with Crippen LogP contribution in [0.1, 0.15) is 43.0 Å². The molecule has 0 bridgehead atoms. The second-order valence-corrected chi connectivity index (χ2v) is 7.96. The predicted octanol–water partition coefficient (Wildman–Crippen LogP) is 6.68. The van der Waals surface area contributed by atoms with Crippen LogP contribution in [-0.4, -0.2) is 16.3 Å². The molecule has 0 amide bonds. The number of fused-ring (bicyclic) bond motifs is 2. The molecule has 5 nitrogen and oxygen atoms in total. The summed E-state index contributed by atoms with van der Waals surface area (Å²) in [5, 5.41) is 13.1. The van der Waals surface area contributed by atoms with Gasteiger partial charge >= 0.3 is 6.18 Å². The molecule has 0 spiro atoms. The summed E-state index contributed by atoms with van der Waals surface area (Å²) in [4.78, 5) is 0. The van der Waals surface area contributed by atoms with Gasteiger partial charge in [0.25, 0.3) is 0 Å². The van der Waals surface area contributed by atoms with E-state index in [1.54, 1.807) is 6.07 Å². The first-order valence-corrected chi connectivity index (χ1v) is 11.0. The first-order valence-electron chi connectivity index (χ1n) is 11.0. The minimum atomic E-state index is -4.56. The molecule has 0 atom stereocenters. The molecular formula is C25H24F3N3O2. The van der Waals surface area contributed by atoms with E-state index in [1.165, 1.54) is 6.07 Å². The molecule has 0 aliphatic rings. The van der Waals surface area contributed by atoms with Crippen molar-refractivity contribution >= 4 is 21.9 Å². The van der Waals surface area contributed by atoms with Gasteiger partial charge in [-0.05, 0) is 60.5 Å². The fourth-order valence-electron chi connectivity index (χ4n) is 4.08. The van der Waals surface area contributed by atoms with E-state index in [2.05, 4.69) is 34.0 Å². The molecule has 0 radical (unpaired) electrons. The topological polar surface area (TPSA) is 64.0 Å². The van der Waals surface area contributed by atoms with Gasteiger partial charge in [0.05, 0.1) is 18.1 Å². The summed E-state index contributed by atoms with van der Waals surface area (Å²) in [6.07, 6.45) is 0.715. The van der Waals surface area contributed by atoms with E-state index in [0.717, 1.165) is 42.3 Å². The molecule has 0 aliphatic heterocycles. The van der Waals surface area contributed by atoms with E-state index in [0.29, 0.717) is 30.8 Å². The molecule has 0 aliphatic carbocycles. The molecule has 0 saturated heterocycles. The monoisotopic (exact) mass is 455 g/mol. The Morgan fingerprint density at radius 1 is 1.15 bits per heavy atom. The standard InChI is InChI=1S/C25H24F3N3O2/c1-2-5-19-22(10-8-20-23(19)33-30-24(20)25(26,27)28)32-15-4-13-31-14-11-18-16-17(6-3-12-29)7-9-21(18)31/h7-11,14,16H,2-6,13,15H2,1H3. The quantitative estimate of drug-likeness (QED) is 0.264. The average molecular weight is 455 g/mol. The van der Waals surface area contributed by atoms with Crippen molar-refractivity contribution in [3.63, 3.8) is 0 Å². The summed E-state index contributed by atoms with van der Waals surface area (Å²) in [7, 11) is 0. The lowest BCUT2D eigenvalue weighted by Gasteiger charge is -2.12. The van der Waals surface area contributed by atoms with Gasteiger partial charge in [-0.2, -0.15) is 18.4 Å². The lowest BCUT2D eigenvalue weighted by atomic mass is 10.0. The minimum Gasteiger partial charge on any atom is -0.493 e. The summed E-state index contributed by atoms with van der Waals surface area (Å²) < 4.78 is 52.7. The number of ether oxygens (including phenoxy) is 1. The molecule has 0 N–H and O–H groups in total. The second kappa shape index (κ2) is 9.57. The van der Waals surface area contributed by atoms with Crippen molar-refractivity contribution in [3.05, 3.63) is 59.4 Å². The number of hydrogen-bond acceptors (Lipinski definition) is 4. The number of aryl methyl sites for hydroxylation is 3. The average Bonchev–Trinajstić information content (AvgIpc) is 3.40. The van der Waals surface area contributed by atoms with Gasteiger partial charge in [0.15, 0.2) is 11.3 Å². The summed E-state index contributed by atoms with van der Waals surface area (Å²) in [5.41, 5.74) is 2.02. The number of benzene rings is 2. The van der Waals surface area contributed by atoms with Gasteiger partial charge in [0, 0.05) is 30.2 Å². The highest BCUT2D eigenvalue weighted by Crippen LogP contribution is 2.38. The summed E-state index contributed by atoms with van der Waals surface area (Å²) in [5.74, 6) is 0.536. The molecule has 4 rings (SSSR count). The Balaban J connectivity index is 1.44. The summed E-state index contributed by atoms with van der Waals surface area (Å²) >= 11 is 0. The van der Waals surface area contributed by atoms with Crippen molar-refractivity contribution in [2.75, 3.05) is 6.61 Å². The van der Waals surface area contributed by atoms with Gasteiger partial charge in [-0.15, -0.1) is 0 Å². The first-order chi connectivity index (χ1) is 15.9. The Morgan fingerprint density at radius 3 is 2.76 bits per heavy atom. The molecule has 0 unspecified atom stereocenters. The van der Waals surface area contributed by atoms with E-state index >= 15 is 0 Å². The van der Waals surface area contributed by atoms with Crippen LogP contribution in [0.2, 0.25) is 0 Å². The smallest absolute Gasteiger partial charge is 0.437 e. The molecule has 172 valence electrons. The van der Waals surface area contributed by atoms with E-state index in [9.17, 15) is 13.2 Å². The summed E-state index contributed by atoms with van der Waals surface area (Å²) in [6.45, 7) is 3.11. The normalized spacial score (nSPS) is 11.8. The zero-order chi connectivity index (χ0) is 23.4. The third-order valence-corrected chi connectivity index (χ3v) is 5.63. The van der Waals surface area contributed by atoms with Crippen LogP contribution in [0.25, 0.3) is 21.9 Å². The number of nitriles is 1. The first kappa shape index (κ1) is 22.7. The zero-order valence-electron chi connectivity index (χ0n) is 18.3. The van der Waals surface area contributed by atoms with Gasteiger partial charge in [-0.1, -0.05) is 24.6 Å². The van der Waals surface area contributed by atoms with Gasteiger partial charge in [-0.3, -0.25) is 0 Å². The van der Waals surface area contributed by atoms with Gasteiger partial charge in [0.2, 0.25) is 0 Å². The van der Waals surface area contributed by atoms with Crippen molar-refractivity contribution in [1.29, 1.82) is 5.26 Å². The number of halogens is 3. The van der Waals surface area contributed by atoms with E-state index in [-0.39, 0.29) is 11.0 Å². The van der Waals surface area contributed by atoms with E-state index < -0.39 is 11.9 Å². The number of alkyl halides is 3. The molecular weight excluding hydrogens is 431 g/mol. The van der Waals surface area contributed by atoms with Crippen molar-refractivity contribution in [1.82, 2.24) is 9.72 Å². The van der Waals surface area contributed by atoms with Crippen LogP contribution < -0.4 is 4.74 Å². The van der Waals surface area contributed by atoms with Crippen molar-refractivity contribution in [2.45, 2.75) is 51.7 Å². The highest BCUT2D eigenvalue weighted by Gasteiger charge is 2.37. The van der Waals surface area contributed by atoms with Gasteiger partial charge in [0.1, 0.15) is 5.75 Å². The number of nitrogens with zero attached hydrogens (tertiary/aromatic N) is 3. The van der Waals surface area contributed by atoms with Crippen LogP contribution in [-0.2, 0) is 25.6 Å². The molecule has 4 aromatic rings. The molecule has 8 heteroatoms. The van der Waals surface area contributed by atoms with Gasteiger partial charge in [-0.25, -0.2) is 0 Å². The molecule has 33 heavy (non-hydrogen) atoms. The van der Waals surface area contributed by atoms with Crippen LogP contribution in [0.5, 0.6) is 5.75 Å². The third kappa shape index (κ3) is 4.82. The second-order valence-electron chi connectivity index (χ2n) is 7.96. The van der Waals surface area contributed by atoms with Crippen LogP contribution in [0.15, 0.2) is 47.1 Å². The molecule has 0 saturated carbocycles. The highest BCUT2D eigenvalue weighted by atomic mass is 19.4.